The number of nitro groups is 1. The molecule has 0 saturated heterocycles. The predicted molar refractivity (Wildman–Crippen MR) is 59.7 cm³/mol. The standard InChI is InChI=1S/C9H4F3N3O3S/c10-9(11,12)7(16)19-8-13-5-2-1-4(15(17)18)3-6(5)14-8/h1-3H,(H,13,14). The lowest BCUT2D eigenvalue weighted by molar-refractivity contribution is -0.384. The highest BCUT2D eigenvalue weighted by Crippen LogP contribution is 2.29. The SMILES string of the molecule is O=C(Sc1nc2ccc([N+](=O)[O-])cc2[nH]1)C(F)(F)F. The first-order chi connectivity index (χ1) is 8.77. The molecule has 0 spiro atoms. The Morgan fingerprint density at radius 2 is 2.11 bits per heavy atom. The number of nitro benzene ring substituents is 1. The minimum absolute atomic E-state index is 0.110. The van der Waals surface area contributed by atoms with Crippen LogP contribution in [0.5, 0.6) is 0 Å². The molecule has 0 radical (unpaired) electrons. The van der Waals surface area contributed by atoms with Gasteiger partial charge in [0.15, 0.2) is 5.16 Å². The van der Waals surface area contributed by atoms with E-state index in [1.54, 1.807) is 0 Å². The number of non-ortho nitro benzene ring substituents is 1. The molecule has 100 valence electrons. The summed E-state index contributed by atoms with van der Waals surface area (Å²) in [6.45, 7) is 0. The van der Waals surface area contributed by atoms with Gasteiger partial charge in [0.2, 0.25) is 0 Å². The molecule has 0 aliphatic rings. The molecule has 19 heavy (non-hydrogen) atoms. The minimum Gasteiger partial charge on any atom is -0.332 e. The van der Waals surface area contributed by atoms with E-state index in [4.69, 9.17) is 0 Å². The molecule has 6 nitrogen and oxygen atoms in total. The van der Waals surface area contributed by atoms with E-state index < -0.39 is 16.2 Å². The molecule has 1 heterocycles. The molecule has 2 aromatic rings. The summed E-state index contributed by atoms with van der Waals surface area (Å²) < 4.78 is 36.2. The fourth-order valence-corrected chi connectivity index (χ4v) is 1.88. The Kier molecular flexibility index (Phi) is 3.18. The summed E-state index contributed by atoms with van der Waals surface area (Å²) in [7, 11) is 0. The van der Waals surface area contributed by atoms with Gasteiger partial charge in [0, 0.05) is 12.1 Å². The van der Waals surface area contributed by atoms with Crippen molar-refractivity contribution in [2.45, 2.75) is 11.3 Å². The highest BCUT2D eigenvalue weighted by Gasteiger charge is 2.39. The Bertz CT molecular complexity index is 668. The number of rotatable bonds is 2. The van der Waals surface area contributed by atoms with E-state index in [0.717, 1.165) is 6.07 Å². The van der Waals surface area contributed by atoms with Gasteiger partial charge < -0.3 is 4.98 Å². The molecule has 1 aromatic heterocycles. The maximum atomic E-state index is 12.1. The maximum absolute atomic E-state index is 12.1. The van der Waals surface area contributed by atoms with Crippen molar-refractivity contribution in [3.8, 4) is 0 Å². The fraction of sp³-hybridized carbons (Fsp3) is 0.111. The molecule has 0 bridgehead atoms. The van der Waals surface area contributed by atoms with Gasteiger partial charge in [0.25, 0.3) is 5.69 Å². The van der Waals surface area contributed by atoms with Gasteiger partial charge in [0.1, 0.15) is 0 Å². The summed E-state index contributed by atoms with van der Waals surface area (Å²) in [4.78, 5) is 26.8. The number of carbonyl (C=O) groups is 1. The Morgan fingerprint density at radius 3 is 2.68 bits per heavy atom. The molecule has 0 atom stereocenters. The van der Waals surface area contributed by atoms with Crippen molar-refractivity contribution in [3.63, 3.8) is 0 Å². The van der Waals surface area contributed by atoms with E-state index in [9.17, 15) is 28.1 Å². The fourth-order valence-electron chi connectivity index (χ4n) is 1.28. The number of thioether (sulfide) groups is 1. The summed E-state index contributed by atoms with van der Waals surface area (Å²) in [5, 5.41) is 8.25. The van der Waals surface area contributed by atoms with Gasteiger partial charge in [-0.1, -0.05) is 0 Å². The molecule has 1 aromatic carbocycles. The summed E-state index contributed by atoms with van der Waals surface area (Å²) in [6.07, 6.45) is -4.96. The topological polar surface area (TPSA) is 88.9 Å². The van der Waals surface area contributed by atoms with Gasteiger partial charge >= 0.3 is 11.3 Å². The molecular formula is C9H4F3N3O3S. The molecule has 1 N–H and O–H groups in total. The minimum atomic E-state index is -4.96. The van der Waals surface area contributed by atoms with E-state index in [0.29, 0.717) is 0 Å². The summed E-state index contributed by atoms with van der Waals surface area (Å²) in [5.41, 5.74) is 0.199. The largest absolute Gasteiger partial charge is 0.461 e. The first kappa shape index (κ1) is 13.3. The lowest BCUT2D eigenvalue weighted by Crippen LogP contribution is -2.18. The van der Waals surface area contributed by atoms with Crippen molar-refractivity contribution in [3.05, 3.63) is 28.3 Å². The Labute approximate surface area is 107 Å². The normalized spacial score (nSPS) is 11.7. The quantitative estimate of drug-likeness (QED) is 0.522. The van der Waals surface area contributed by atoms with E-state index in [1.165, 1.54) is 12.1 Å². The van der Waals surface area contributed by atoms with Crippen LogP contribution in [0.2, 0.25) is 0 Å². The third-order valence-electron chi connectivity index (χ3n) is 2.08. The number of nitrogens with one attached hydrogen (secondary N) is 1. The first-order valence-electron chi connectivity index (χ1n) is 4.70. The smallest absolute Gasteiger partial charge is 0.332 e. The number of imidazole rings is 1. The summed E-state index contributed by atoms with van der Waals surface area (Å²) >= 11 is -0.110. The summed E-state index contributed by atoms with van der Waals surface area (Å²) in [5.74, 6) is 0. The van der Waals surface area contributed by atoms with Crippen molar-refractivity contribution < 1.29 is 22.9 Å². The van der Waals surface area contributed by atoms with E-state index >= 15 is 0 Å². The molecule has 0 fully saturated rings. The molecule has 0 amide bonds. The van der Waals surface area contributed by atoms with Crippen LogP contribution >= 0.6 is 11.8 Å². The van der Waals surface area contributed by atoms with Gasteiger partial charge in [-0.3, -0.25) is 14.9 Å². The Hall–Kier alpha value is -2.10. The first-order valence-corrected chi connectivity index (χ1v) is 5.52. The number of hydrogen-bond acceptors (Lipinski definition) is 5. The number of carbonyl (C=O) groups excluding carboxylic acids is 1. The average Bonchev–Trinajstić information content (AvgIpc) is 2.68. The zero-order chi connectivity index (χ0) is 14.2. The van der Waals surface area contributed by atoms with Gasteiger partial charge in [-0.2, -0.15) is 13.2 Å². The van der Waals surface area contributed by atoms with Crippen molar-refractivity contribution in [2.75, 3.05) is 0 Å². The van der Waals surface area contributed by atoms with Crippen LogP contribution in [-0.2, 0) is 4.79 Å². The Balaban J connectivity index is 2.32. The molecule has 2 rings (SSSR count). The average molecular weight is 291 g/mol. The monoisotopic (exact) mass is 291 g/mol. The molecule has 10 heteroatoms. The van der Waals surface area contributed by atoms with E-state index in [1.807, 2.05) is 0 Å². The van der Waals surface area contributed by atoms with Crippen molar-refractivity contribution in [1.29, 1.82) is 0 Å². The highest BCUT2D eigenvalue weighted by molar-refractivity contribution is 8.13. The molecular weight excluding hydrogens is 287 g/mol. The van der Waals surface area contributed by atoms with Crippen LogP contribution in [-0.4, -0.2) is 26.2 Å². The number of halogens is 3. The van der Waals surface area contributed by atoms with Gasteiger partial charge in [-0.05, 0) is 17.8 Å². The molecule has 0 unspecified atom stereocenters. The van der Waals surface area contributed by atoms with Gasteiger partial charge in [0.05, 0.1) is 16.0 Å². The zero-order valence-corrected chi connectivity index (χ0v) is 9.71. The summed E-state index contributed by atoms with van der Waals surface area (Å²) in [6, 6.07) is 3.58. The van der Waals surface area contributed by atoms with Gasteiger partial charge in [-0.15, -0.1) is 0 Å². The lowest BCUT2D eigenvalue weighted by atomic mass is 10.3. The third-order valence-corrected chi connectivity index (χ3v) is 2.88. The lowest BCUT2D eigenvalue weighted by Gasteiger charge is -2.00. The number of alkyl halides is 3. The number of aromatic amines is 1. The number of nitrogens with zero attached hydrogens (tertiary/aromatic N) is 2. The molecule has 0 aliphatic carbocycles. The third kappa shape index (κ3) is 2.84. The van der Waals surface area contributed by atoms with Crippen LogP contribution < -0.4 is 0 Å². The number of benzene rings is 1. The second kappa shape index (κ2) is 4.53. The second-order valence-corrected chi connectivity index (χ2v) is 4.35. The number of hydrogen-bond donors (Lipinski definition) is 1. The number of fused-ring (bicyclic) bond motifs is 1. The van der Waals surface area contributed by atoms with Crippen molar-refractivity contribution >= 4 is 33.6 Å². The van der Waals surface area contributed by atoms with Crippen LogP contribution in [0.3, 0.4) is 0 Å². The van der Waals surface area contributed by atoms with Crippen molar-refractivity contribution in [1.82, 2.24) is 9.97 Å². The van der Waals surface area contributed by atoms with Gasteiger partial charge in [-0.25, -0.2) is 4.98 Å². The van der Waals surface area contributed by atoms with Crippen LogP contribution in [0.1, 0.15) is 0 Å². The highest BCUT2D eigenvalue weighted by atomic mass is 32.2. The van der Waals surface area contributed by atoms with Crippen molar-refractivity contribution in [2.24, 2.45) is 0 Å². The predicted octanol–water partition coefficient (Wildman–Crippen LogP) is 2.65. The second-order valence-electron chi connectivity index (χ2n) is 3.39. The molecule has 0 aliphatic heterocycles. The van der Waals surface area contributed by atoms with Crippen LogP contribution in [0, 0.1) is 10.1 Å². The zero-order valence-electron chi connectivity index (χ0n) is 8.89. The van der Waals surface area contributed by atoms with E-state index in [-0.39, 0.29) is 33.6 Å². The Morgan fingerprint density at radius 1 is 1.42 bits per heavy atom. The van der Waals surface area contributed by atoms with Crippen LogP contribution in [0.15, 0.2) is 23.4 Å². The number of aromatic nitrogens is 2. The number of H-pyrrole nitrogens is 1. The van der Waals surface area contributed by atoms with Crippen LogP contribution in [0.25, 0.3) is 11.0 Å². The molecule has 0 saturated carbocycles. The van der Waals surface area contributed by atoms with Crippen LogP contribution in [0.4, 0.5) is 18.9 Å². The van der Waals surface area contributed by atoms with E-state index in [2.05, 4.69) is 9.97 Å². The maximum Gasteiger partial charge on any atom is 0.461 e.